The van der Waals surface area contributed by atoms with Crippen LogP contribution < -0.4 is 10.2 Å². The van der Waals surface area contributed by atoms with Crippen LogP contribution in [0, 0.1) is 12.7 Å². The number of aryl methyl sites for hydroxylation is 1. The van der Waals surface area contributed by atoms with Crippen LogP contribution in [0.1, 0.15) is 22.5 Å². The Bertz CT molecular complexity index is 1070. The topological polar surface area (TPSA) is 71.6 Å². The van der Waals surface area contributed by atoms with Gasteiger partial charge in [-0.15, -0.1) is 0 Å². The molecule has 2 saturated heterocycles. The summed E-state index contributed by atoms with van der Waals surface area (Å²) < 4.78 is 14.1. The van der Waals surface area contributed by atoms with E-state index in [0.29, 0.717) is 28.3 Å². The van der Waals surface area contributed by atoms with Crippen LogP contribution in [0.15, 0.2) is 42.5 Å². The zero-order valence-corrected chi connectivity index (χ0v) is 16.9. The molecule has 6 nitrogen and oxygen atoms in total. The third-order valence-corrected chi connectivity index (χ3v) is 6.23. The smallest absolute Gasteiger partial charge is 0.272 e. The number of hydrogen-bond acceptors (Lipinski definition) is 4. The minimum absolute atomic E-state index is 0.181. The van der Waals surface area contributed by atoms with E-state index in [-0.39, 0.29) is 17.8 Å². The van der Waals surface area contributed by atoms with Crippen LogP contribution in [0.25, 0.3) is 10.9 Å². The number of amides is 1. The lowest BCUT2D eigenvalue weighted by Gasteiger charge is -2.40. The Balaban J connectivity index is 1.30. The van der Waals surface area contributed by atoms with Crippen LogP contribution in [-0.2, 0) is 0 Å². The molecular formula is C23H25FN4O2. The minimum Gasteiger partial charge on any atom is -0.390 e. The molecule has 0 aliphatic carbocycles. The molecule has 3 aromatic rings. The van der Waals surface area contributed by atoms with Gasteiger partial charge in [-0.2, -0.15) is 0 Å². The van der Waals surface area contributed by atoms with Gasteiger partial charge >= 0.3 is 0 Å². The molecule has 1 atom stereocenters. The first kappa shape index (κ1) is 19.1. The van der Waals surface area contributed by atoms with E-state index in [0.717, 1.165) is 43.9 Å². The summed E-state index contributed by atoms with van der Waals surface area (Å²) in [6.07, 6.45) is 0.892. The SMILES string of the molecule is Cc1ccc(F)c2cc(C(=O)Nc3cccc(N4CCC(N5CC(O)C5)C4)c3)[nH]c12. The van der Waals surface area contributed by atoms with Gasteiger partial charge in [-0.25, -0.2) is 4.39 Å². The first-order valence-corrected chi connectivity index (χ1v) is 10.3. The number of benzene rings is 2. The quantitative estimate of drug-likeness (QED) is 0.620. The lowest BCUT2D eigenvalue weighted by Crippen LogP contribution is -2.56. The number of aromatic amines is 1. The number of halogens is 1. The second-order valence-corrected chi connectivity index (χ2v) is 8.34. The lowest BCUT2D eigenvalue weighted by atomic mass is 10.1. The van der Waals surface area contributed by atoms with Crippen molar-refractivity contribution in [2.45, 2.75) is 25.5 Å². The summed E-state index contributed by atoms with van der Waals surface area (Å²) in [6.45, 7) is 5.28. The number of rotatable bonds is 4. The van der Waals surface area contributed by atoms with Crippen LogP contribution in [0.4, 0.5) is 15.8 Å². The molecule has 0 bridgehead atoms. The van der Waals surface area contributed by atoms with Crippen molar-refractivity contribution >= 4 is 28.2 Å². The molecule has 2 aliphatic heterocycles. The maximum atomic E-state index is 14.1. The van der Waals surface area contributed by atoms with Crippen molar-refractivity contribution in [2.75, 3.05) is 36.4 Å². The number of likely N-dealkylation sites (tertiary alicyclic amines) is 1. The van der Waals surface area contributed by atoms with Gasteiger partial charge in [0.05, 0.1) is 11.6 Å². The van der Waals surface area contributed by atoms with E-state index >= 15 is 0 Å². The van der Waals surface area contributed by atoms with Gasteiger partial charge in [0, 0.05) is 49.0 Å². The Labute approximate surface area is 174 Å². The molecule has 156 valence electrons. The summed E-state index contributed by atoms with van der Waals surface area (Å²) >= 11 is 0. The largest absolute Gasteiger partial charge is 0.390 e. The fourth-order valence-electron chi connectivity index (χ4n) is 4.49. The van der Waals surface area contributed by atoms with Crippen molar-refractivity contribution in [1.29, 1.82) is 0 Å². The molecule has 1 aromatic heterocycles. The van der Waals surface area contributed by atoms with Crippen molar-refractivity contribution in [3.8, 4) is 0 Å². The predicted molar refractivity (Wildman–Crippen MR) is 116 cm³/mol. The third kappa shape index (κ3) is 3.44. The Kier molecular flexibility index (Phi) is 4.72. The van der Waals surface area contributed by atoms with Crippen LogP contribution in [0.5, 0.6) is 0 Å². The molecule has 0 radical (unpaired) electrons. The maximum Gasteiger partial charge on any atom is 0.272 e. The van der Waals surface area contributed by atoms with E-state index in [1.165, 1.54) is 6.07 Å². The fourth-order valence-corrected chi connectivity index (χ4v) is 4.49. The monoisotopic (exact) mass is 408 g/mol. The van der Waals surface area contributed by atoms with Gasteiger partial charge in [-0.05, 0) is 49.2 Å². The summed E-state index contributed by atoms with van der Waals surface area (Å²) in [5, 5.41) is 12.9. The van der Waals surface area contributed by atoms with Crippen molar-refractivity contribution in [2.24, 2.45) is 0 Å². The Hall–Kier alpha value is -2.90. The lowest BCUT2D eigenvalue weighted by molar-refractivity contribution is -0.0195. The molecule has 2 aliphatic rings. The highest BCUT2D eigenvalue weighted by molar-refractivity contribution is 6.06. The highest BCUT2D eigenvalue weighted by atomic mass is 19.1. The summed E-state index contributed by atoms with van der Waals surface area (Å²) in [5.74, 6) is -0.637. The van der Waals surface area contributed by atoms with Gasteiger partial charge in [0.1, 0.15) is 11.5 Å². The number of aliphatic hydroxyl groups is 1. The van der Waals surface area contributed by atoms with E-state index in [9.17, 15) is 14.3 Å². The molecular weight excluding hydrogens is 383 g/mol. The number of β-amino-alcohol motifs (C(OH)–C–C–N with tert-alkyl or cyclic N) is 1. The number of aromatic nitrogens is 1. The van der Waals surface area contributed by atoms with Gasteiger partial charge in [-0.3, -0.25) is 9.69 Å². The Morgan fingerprint density at radius 1 is 1.20 bits per heavy atom. The van der Waals surface area contributed by atoms with Crippen molar-refractivity contribution in [3.63, 3.8) is 0 Å². The van der Waals surface area contributed by atoms with Crippen LogP contribution in [0.2, 0.25) is 0 Å². The maximum absolute atomic E-state index is 14.1. The zero-order chi connectivity index (χ0) is 20.8. The number of nitrogens with one attached hydrogen (secondary N) is 2. The normalized spacial score (nSPS) is 20.0. The summed E-state index contributed by atoms with van der Waals surface area (Å²) in [7, 11) is 0. The second-order valence-electron chi connectivity index (χ2n) is 8.34. The molecule has 3 N–H and O–H groups in total. The van der Waals surface area contributed by atoms with Gasteiger partial charge in [-0.1, -0.05) is 12.1 Å². The Morgan fingerprint density at radius 3 is 2.80 bits per heavy atom. The molecule has 2 aromatic carbocycles. The number of nitrogens with zero attached hydrogens (tertiary/aromatic N) is 2. The molecule has 1 unspecified atom stereocenters. The number of fused-ring (bicyclic) bond motifs is 1. The summed E-state index contributed by atoms with van der Waals surface area (Å²) in [6, 6.07) is 12.9. The molecule has 0 saturated carbocycles. The van der Waals surface area contributed by atoms with Crippen molar-refractivity contribution in [1.82, 2.24) is 9.88 Å². The first-order valence-electron chi connectivity index (χ1n) is 10.3. The van der Waals surface area contributed by atoms with Gasteiger partial charge in [0.25, 0.3) is 5.91 Å². The minimum atomic E-state index is -0.341. The molecule has 2 fully saturated rings. The third-order valence-electron chi connectivity index (χ3n) is 6.23. The summed E-state index contributed by atoms with van der Waals surface area (Å²) in [4.78, 5) is 20.4. The number of hydrogen-bond donors (Lipinski definition) is 3. The van der Waals surface area contributed by atoms with Crippen LogP contribution in [-0.4, -0.2) is 59.2 Å². The average molecular weight is 408 g/mol. The highest BCUT2D eigenvalue weighted by Crippen LogP contribution is 2.28. The number of carbonyl (C=O) groups excluding carboxylic acids is 1. The van der Waals surface area contributed by atoms with E-state index in [4.69, 9.17) is 0 Å². The molecule has 0 spiro atoms. The Morgan fingerprint density at radius 2 is 2.03 bits per heavy atom. The highest BCUT2D eigenvalue weighted by Gasteiger charge is 2.35. The number of carbonyl (C=O) groups is 1. The van der Waals surface area contributed by atoms with Gasteiger partial charge in [0.15, 0.2) is 0 Å². The van der Waals surface area contributed by atoms with Gasteiger partial charge < -0.3 is 20.3 Å². The first-order chi connectivity index (χ1) is 14.5. The molecule has 1 amide bonds. The number of H-pyrrole nitrogens is 1. The number of aliphatic hydroxyl groups excluding tert-OH is 1. The summed E-state index contributed by atoms with van der Waals surface area (Å²) in [5.41, 5.74) is 3.64. The average Bonchev–Trinajstić information content (AvgIpc) is 3.37. The molecule has 7 heteroatoms. The van der Waals surface area contributed by atoms with E-state index in [2.05, 4.69) is 20.1 Å². The van der Waals surface area contributed by atoms with Gasteiger partial charge in [0.2, 0.25) is 0 Å². The standard InChI is InChI=1S/C23H25FN4O2/c1-14-5-6-20(24)19-10-21(26-22(14)19)23(30)25-15-3-2-4-16(9-15)27-8-7-17(11-27)28-12-18(29)13-28/h2-6,9-10,17-18,26,29H,7-8,11-13H2,1H3,(H,25,30). The number of anilines is 2. The van der Waals surface area contributed by atoms with E-state index in [1.807, 2.05) is 31.2 Å². The fraction of sp³-hybridized carbons (Fsp3) is 0.348. The zero-order valence-electron chi connectivity index (χ0n) is 16.9. The molecule has 30 heavy (non-hydrogen) atoms. The van der Waals surface area contributed by atoms with Crippen molar-refractivity contribution < 1.29 is 14.3 Å². The van der Waals surface area contributed by atoms with Crippen LogP contribution in [0.3, 0.4) is 0 Å². The van der Waals surface area contributed by atoms with E-state index < -0.39 is 0 Å². The molecule has 5 rings (SSSR count). The van der Waals surface area contributed by atoms with Crippen molar-refractivity contribution in [3.05, 3.63) is 59.5 Å². The van der Waals surface area contributed by atoms with E-state index in [1.54, 1.807) is 12.1 Å². The predicted octanol–water partition coefficient (Wildman–Crippen LogP) is 3.12. The van der Waals surface area contributed by atoms with Crippen LogP contribution >= 0.6 is 0 Å². The second kappa shape index (κ2) is 7.41. The molecule has 3 heterocycles.